The highest BCUT2D eigenvalue weighted by Gasteiger charge is 2.18. The van der Waals surface area contributed by atoms with Gasteiger partial charge in [0.15, 0.2) is 0 Å². The first-order valence-corrected chi connectivity index (χ1v) is 7.00. The number of nitro groups is 1. The summed E-state index contributed by atoms with van der Waals surface area (Å²) >= 11 is 0. The van der Waals surface area contributed by atoms with Crippen LogP contribution in [0.4, 0.5) is 14.5 Å². The number of nitrogens with one attached hydrogen (secondary N) is 1. The van der Waals surface area contributed by atoms with Crippen molar-refractivity contribution in [3.8, 4) is 0 Å². The standard InChI is InChI=1S/C16H14F2N2O4/c17-12-5-2-6-13(18)16(12)14(21)9-19-15(22)8-10-3-1-4-11(7-10)20(23)24/h1-7,14,21H,8-9H2,(H,19,22)/t14-/m0/s1. The average molecular weight is 336 g/mol. The zero-order chi connectivity index (χ0) is 17.7. The van der Waals surface area contributed by atoms with E-state index in [0.717, 1.165) is 12.1 Å². The minimum Gasteiger partial charge on any atom is -0.386 e. The zero-order valence-corrected chi connectivity index (χ0v) is 12.4. The third-order valence-electron chi connectivity index (χ3n) is 3.31. The maximum atomic E-state index is 13.5. The van der Waals surface area contributed by atoms with E-state index >= 15 is 0 Å². The van der Waals surface area contributed by atoms with Crippen LogP contribution in [0.25, 0.3) is 0 Å². The molecule has 0 aromatic heterocycles. The number of aliphatic hydroxyl groups excluding tert-OH is 1. The van der Waals surface area contributed by atoms with Gasteiger partial charge in [0, 0.05) is 18.7 Å². The summed E-state index contributed by atoms with van der Waals surface area (Å²) in [5, 5.41) is 22.8. The topological polar surface area (TPSA) is 92.5 Å². The number of amides is 1. The van der Waals surface area contributed by atoms with Crippen molar-refractivity contribution in [1.29, 1.82) is 0 Å². The second kappa shape index (κ2) is 7.60. The number of aliphatic hydroxyl groups is 1. The summed E-state index contributed by atoms with van der Waals surface area (Å²) in [6.07, 6.45) is -1.70. The van der Waals surface area contributed by atoms with E-state index in [0.29, 0.717) is 5.56 Å². The Hall–Kier alpha value is -2.87. The predicted octanol–water partition coefficient (Wildman–Crippen LogP) is 2.27. The van der Waals surface area contributed by atoms with E-state index < -0.39 is 34.1 Å². The number of nitrogens with zero attached hydrogens (tertiary/aromatic N) is 1. The summed E-state index contributed by atoms with van der Waals surface area (Å²) in [4.78, 5) is 21.9. The number of non-ortho nitro benzene ring substituents is 1. The lowest BCUT2D eigenvalue weighted by atomic mass is 10.1. The van der Waals surface area contributed by atoms with Crippen molar-refractivity contribution in [3.63, 3.8) is 0 Å². The molecule has 0 aliphatic carbocycles. The molecule has 0 heterocycles. The van der Waals surface area contributed by atoms with Crippen LogP contribution in [0, 0.1) is 21.7 Å². The molecule has 1 amide bonds. The summed E-state index contributed by atoms with van der Waals surface area (Å²) in [7, 11) is 0. The Morgan fingerprint density at radius 1 is 1.21 bits per heavy atom. The molecule has 1 atom stereocenters. The number of hydrogen-bond donors (Lipinski definition) is 2. The van der Waals surface area contributed by atoms with E-state index in [4.69, 9.17) is 0 Å². The van der Waals surface area contributed by atoms with Gasteiger partial charge in [0.05, 0.1) is 16.9 Å². The summed E-state index contributed by atoms with van der Waals surface area (Å²) in [5.74, 6) is -2.35. The van der Waals surface area contributed by atoms with Gasteiger partial charge < -0.3 is 10.4 Å². The first kappa shape index (κ1) is 17.5. The number of halogens is 2. The number of benzene rings is 2. The fourth-order valence-electron chi connectivity index (χ4n) is 2.17. The SMILES string of the molecule is O=C(Cc1cccc([N+](=O)[O-])c1)NC[C@H](O)c1c(F)cccc1F. The van der Waals surface area contributed by atoms with Crippen LogP contribution in [0.5, 0.6) is 0 Å². The largest absolute Gasteiger partial charge is 0.386 e. The molecule has 0 fully saturated rings. The van der Waals surface area contributed by atoms with Gasteiger partial charge in [-0.25, -0.2) is 8.78 Å². The lowest BCUT2D eigenvalue weighted by Gasteiger charge is -2.14. The number of hydrogen-bond acceptors (Lipinski definition) is 4. The number of nitro benzene ring substituents is 1. The molecule has 8 heteroatoms. The Balaban J connectivity index is 1.96. The van der Waals surface area contributed by atoms with Crippen LogP contribution >= 0.6 is 0 Å². The van der Waals surface area contributed by atoms with Crippen LogP contribution in [-0.4, -0.2) is 22.5 Å². The van der Waals surface area contributed by atoms with Crippen molar-refractivity contribution in [2.75, 3.05) is 6.54 Å². The maximum absolute atomic E-state index is 13.5. The van der Waals surface area contributed by atoms with E-state index in [1.165, 1.54) is 24.3 Å². The average Bonchev–Trinajstić information content (AvgIpc) is 2.53. The summed E-state index contributed by atoms with van der Waals surface area (Å²) < 4.78 is 27.0. The van der Waals surface area contributed by atoms with Gasteiger partial charge in [0.1, 0.15) is 17.7 Å². The van der Waals surface area contributed by atoms with Gasteiger partial charge in [-0.05, 0) is 17.7 Å². The van der Waals surface area contributed by atoms with Crippen LogP contribution in [0.15, 0.2) is 42.5 Å². The first-order valence-electron chi connectivity index (χ1n) is 7.00. The molecule has 2 N–H and O–H groups in total. The molecule has 2 aromatic rings. The van der Waals surface area contributed by atoms with Gasteiger partial charge in [0.2, 0.25) is 5.91 Å². The summed E-state index contributed by atoms with van der Waals surface area (Å²) in [6.45, 7) is -0.383. The molecule has 0 unspecified atom stereocenters. The van der Waals surface area contributed by atoms with Crippen molar-refractivity contribution >= 4 is 11.6 Å². The summed E-state index contributed by atoms with van der Waals surface area (Å²) in [5.41, 5.74) is -0.254. The number of carbonyl (C=O) groups excluding carboxylic acids is 1. The number of carbonyl (C=O) groups is 1. The highest BCUT2D eigenvalue weighted by molar-refractivity contribution is 5.78. The van der Waals surface area contributed by atoms with Gasteiger partial charge >= 0.3 is 0 Å². The Bertz CT molecular complexity index is 747. The molecule has 24 heavy (non-hydrogen) atoms. The van der Waals surface area contributed by atoms with Crippen molar-refractivity contribution in [1.82, 2.24) is 5.32 Å². The third-order valence-corrected chi connectivity index (χ3v) is 3.31. The van der Waals surface area contributed by atoms with Crippen molar-refractivity contribution in [2.24, 2.45) is 0 Å². The van der Waals surface area contributed by atoms with Crippen LogP contribution < -0.4 is 5.32 Å². The highest BCUT2D eigenvalue weighted by Crippen LogP contribution is 2.20. The fourth-order valence-corrected chi connectivity index (χ4v) is 2.17. The second-order valence-corrected chi connectivity index (χ2v) is 5.06. The normalized spacial score (nSPS) is 11.8. The zero-order valence-electron chi connectivity index (χ0n) is 12.4. The molecule has 0 saturated heterocycles. The van der Waals surface area contributed by atoms with Crippen molar-refractivity contribution in [2.45, 2.75) is 12.5 Å². The fraction of sp³-hybridized carbons (Fsp3) is 0.188. The minimum absolute atomic E-state index is 0.145. The Morgan fingerprint density at radius 2 is 1.83 bits per heavy atom. The first-order chi connectivity index (χ1) is 11.4. The second-order valence-electron chi connectivity index (χ2n) is 5.06. The monoisotopic (exact) mass is 336 g/mol. The number of rotatable bonds is 6. The molecule has 0 bridgehead atoms. The van der Waals surface area contributed by atoms with Gasteiger partial charge in [-0.1, -0.05) is 18.2 Å². The third kappa shape index (κ3) is 4.32. The van der Waals surface area contributed by atoms with Gasteiger partial charge in [-0.2, -0.15) is 0 Å². The molecule has 0 saturated carbocycles. The minimum atomic E-state index is -1.54. The molecule has 0 aliphatic heterocycles. The van der Waals surface area contributed by atoms with Crippen LogP contribution in [0.1, 0.15) is 17.2 Å². The van der Waals surface area contributed by atoms with E-state index in [9.17, 15) is 28.8 Å². The molecular formula is C16H14F2N2O4. The maximum Gasteiger partial charge on any atom is 0.269 e. The van der Waals surface area contributed by atoms with E-state index in [1.807, 2.05) is 0 Å². The van der Waals surface area contributed by atoms with Crippen LogP contribution in [0.3, 0.4) is 0 Å². The van der Waals surface area contributed by atoms with E-state index in [2.05, 4.69) is 5.32 Å². The van der Waals surface area contributed by atoms with Crippen LogP contribution in [-0.2, 0) is 11.2 Å². The van der Waals surface area contributed by atoms with E-state index in [-0.39, 0.29) is 18.7 Å². The van der Waals surface area contributed by atoms with Gasteiger partial charge in [-0.15, -0.1) is 0 Å². The molecule has 6 nitrogen and oxygen atoms in total. The molecule has 126 valence electrons. The molecule has 2 aromatic carbocycles. The lowest BCUT2D eigenvalue weighted by Crippen LogP contribution is -2.30. The Kier molecular flexibility index (Phi) is 5.54. The molecule has 0 aliphatic rings. The highest BCUT2D eigenvalue weighted by atomic mass is 19.1. The molecule has 0 spiro atoms. The quantitative estimate of drug-likeness (QED) is 0.625. The van der Waals surface area contributed by atoms with Gasteiger partial charge in [0.25, 0.3) is 5.69 Å². The van der Waals surface area contributed by atoms with Crippen molar-refractivity contribution < 1.29 is 23.6 Å². The molecular weight excluding hydrogens is 322 g/mol. The summed E-state index contributed by atoms with van der Waals surface area (Å²) in [6, 6.07) is 8.73. The Morgan fingerprint density at radius 3 is 2.46 bits per heavy atom. The Labute approximate surface area is 135 Å². The van der Waals surface area contributed by atoms with Crippen LogP contribution in [0.2, 0.25) is 0 Å². The predicted molar refractivity (Wildman–Crippen MR) is 81.1 cm³/mol. The van der Waals surface area contributed by atoms with E-state index in [1.54, 1.807) is 6.07 Å². The lowest BCUT2D eigenvalue weighted by molar-refractivity contribution is -0.384. The van der Waals surface area contributed by atoms with Crippen molar-refractivity contribution in [3.05, 3.63) is 75.3 Å². The molecule has 0 radical (unpaired) electrons. The smallest absolute Gasteiger partial charge is 0.269 e. The van der Waals surface area contributed by atoms with Gasteiger partial charge in [-0.3, -0.25) is 14.9 Å². The molecule has 2 rings (SSSR count).